The zero-order chi connectivity index (χ0) is 36.1. The number of aliphatic hydroxyl groups is 1. The summed E-state index contributed by atoms with van der Waals surface area (Å²) in [5.41, 5.74) is -0.797. The lowest BCUT2D eigenvalue weighted by molar-refractivity contribution is 0.0696. The van der Waals surface area contributed by atoms with Crippen LogP contribution in [0.5, 0.6) is 23.0 Å². The number of esters is 3. The van der Waals surface area contributed by atoms with Crippen LogP contribution in [0.15, 0.2) is 131 Å². The lowest BCUT2D eigenvalue weighted by atomic mass is 9.95. The van der Waals surface area contributed by atoms with Crippen molar-refractivity contribution < 1.29 is 43.2 Å². The van der Waals surface area contributed by atoms with Crippen molar-refractivity contribution >= 4 is 28.9 Å². The van der Waals surface area contributed by atoms with Crippen LogP contribution in [0.25, 0.3) is 22.1 Å². The second-order valence-electron chi connectivity index (χ2n) is 12.3. The molecule has 10 nitrogen and oxygen atoms in total. The molecular formula is C41H32O10. The molecule has 6 aromatic rings. The first-order valence-electron chi connectivity index (χ1n) is 16.0. The van der Waals surface area contributed by atoms with Crippen LogP contribution in [0.3, 0.4) is 0 Å². The minimum Gasteiger partial charge on any atom is -0.507 e. The Morgan fingerprint density at radius 1 is 0.667 bits per heavy atom. The van der Waals surface area contributed by atoms with E-state index in [0.29, 0.717) is 5.56 Å². The first kappa shape index (κ1) is 34.3. The van der Waals surface area contributed by atoms with E-state index in [9.17, 15) is 29.4 Å². The van der Waals surface area contributed by atoms with Crippen LogP contribution in [0.1, 0.15) is 56.9 Å². The van der Waals surface area contributed by atoms with Gasteiger partial charge in [-0.05, 0) is 75.2 Å². The summed E-state index contributed by atoms with van der Waals surface area (Å²) in [6.45, 7) is 3.22. The maximum Gasteiger partial charge on any atom is 0.343 e. The molecule has 5 aromatic carbocycles. The highest BCUT2D eigenvalue weighted by Crippen LogP contribution is 2.39. The normalized spacial score (nSPS) is 11.2. The molecule has 0 saturated carbocycles. The van der Waals surface area contributed by atoms with Gasteiger partial charge in [0.05, 0.1) is 27.9 Å². The fourth-order valence-electron chi connectivity index (χ4n) is 5.34. The molecule has 1 aromatic heterocycles. The minimum absolute atomic E-state index is 0.0373. The molecule has 0 atom stereocenters. The van der Waals surface area contributed by atoms with Crippen LogP contribution in [0, 0.1) is 0 Å². The molecule has 0 aliphatic carbocycles. The summed E-state index contributed by atoms with van der Waals surface area (Å²) < 4.78 is 23.0. The Labute approximate surface area is 292 Å². The number of aromatic hydroxyl groups is 1. The number of carbonyl (C=O) groups is 3. The van der Waals surface area contributed by atoms with E-state index >= 15 is 0 Å². The van der Waals surface area contributed by atoms with E-state index in [1.165, 1.54) is 18.2 Å². The van der Waals surface area contributed by atoms with Crippen LogP contribution in [-0.2, 0) is 6.42 Å². The third-order valence-electron chi connectivity index (χ3n) is 7.96. The zero-order valence-electron chi connectivity index (χ0n) is 27.6. The number of hydrogen-bond acceptors (Lipinski definition) is 10. The second kappa shape index (κ2) is 14.5. The fraction of sp³-hybridized carbons (Fsp3) is 0.122. The summed E-state index contributed by atoms with van der Waals surface area (Å²) in [4.78, 5) is 53.2. The van der Waals surface area contributed by atoms with Gasteiger partial charge < -0.3 is 28.8 Å². The van der Waals surface area contributed by atoms with Gasteiger partial charge in [-0.25, -0.2) is 14.4 Å². The first-order chi connectivity index (χ1) is 24.5. The van der Waals surface area contributed by atoms with Crippen LogP contribution >= 0.6 is 0 Å². The maximum absolute atomic E-state index is 14.2. The van der Waals surface area contributed by atoms with Gasteiger partial charge in [0.15, 0.2) is 0 Å². The molecule has 51 heavy (non-hydrogen) atoms. The molecule has 0 fully saturated rings. The van der Waals surface area contributed by atoms with Crippen molar-refractivity contribution in [2.24, 2.45) is 0 Å². The molecular weight excluding hydrogens is 652 g/mol. The summed E-state index contributed by atoms with van der Waals surface area (Å²) in [6.07, 6.45) is 1.45. The van der Waals surface area contributed by atoms with Gasteiger partial charge in [0.25, 0.3) is 0 Å². The molecule has 0 bridgehead atoms. The van der Waals surface area contributed by atoms with E-state index in [2.05, 4.69) is 0 Å². The zero-order valence-corrected chi connectivity index (χ0v) is 27.6. The van der Waals surface area contributed by atoms with Gasteiger partial charge in [0.2, 0.25) is 5.43 Å². The minimum atomic E-state index is -1.13. The van der Waals surface area contributed by atoms with E-state index in [1.807, 2.05) is 0 Å². The smallest absolute Gasteiger partial charge is 0.343 e. The van der Waals surface area contributed by atoms with Crippen molar-refractivity contribution in [2.75, 3.05) is 0 Å². The molecule has 6 rings (SSSR count). The molecule has 2 N–H and O–H groups in total. The lowest BCUT2D eigenvalue weighted by Crippen LogP contribution is -2.20. The Morgan fingerprint density at radius 3 is 1.71 bits per heavy atom. The van der Waals surface area contributed by atoms with E-state index in [4.69, 9.17) is 18.6 Å². The number of hydrogen-bond donors (Lipinski definition) is 2. The number of aryl methyl sites for hydroxylation is 1. The van der Waals surface area contributed by atoms with Gasteiger partial charge in [-0.3, -0.25) is 4.79 Å². The molecule has 0 aliphatic rings. The second-order valence-corrected chi connectivity index (χ2v) is 12.3. The Morgan fingerprint density at radius 2 is 1.18 bits per heavy atom. The number of phenols is 1. The summed E-state index contributed by atoms with van der Waals surface area (Å²) >= 11 is 0. The Kier molecular flexibility index (Phi) is 9.79. The summed E-state index contributed by atoms with van der Waals surface area (Å²) in [5, 5.41) is 21.5. The molecule has 0 radical (unpaired) electrons. The average molecular weight is 685 g/mol. The number of ether oxygens (including phenoxy) is 3. The third kappa shape index (κ3) is 7.87. The largest absolute Gasteiger partial charge is 0.507 e. The van der Waals surface area contributed by atoms with Crippen molar-refractivity contribution in [3.05, 3.63) is 154 Å². The highest BCUT2D eigenvalue weighted by Gasteiger charge is 2.26. The van der Waals surface area contributed by atoms with Crippen molar-refractivity contribution in [3.8, 4) is 34.1 Å². The number of rotatable bonds is 10. The van der Waals surface area contributed by atoms with Crippen LogP contribution in [-0.4, -0.2) is 33.7 Å². The van der Waals surface area contributed by atoms with E-state index in [0.717, 1.165) is 12.3 Å². The van der Waals surface area contributed by atoms with Crippen LogP contribution in [0.2, 0.25) is 0 Å². The molecule has 256 valence electrons. The van der Waals surface area contributed by atoms with Crippen molar-refractivity contribution in [3.63, 3.8) is 0 Å². The van der Waals surface area contributed by atoms with Gasteiger partial charge in [0.1, 0.15) is 40.2 Å². The van der Waals surface area contributed by atoms with Gasteiger partial charge in [-0.15, -0.1) is 0 Å². The van der Waals surface area contributed by atoms with Crippen LogP contribution < -0.4 is 19.6 Å². The molecule has 0 saturated heterocycles. The summed E-state index contributed by atoms with van der Waals surface area (Å²) in [5.74, 6) is -2.75. The summed E-state index contributed by atoms with van der Waals surface area (Å²) in [7, 11) is 0. The van der Waals surface area contributed by atoms with Crippen LogP contribution in [0.4, 0.5) is 0 Å². The average Bonchev–Trinajstić information content (AvgIpc) is 3.12. The highest BCUT2D eigenvalue weighted by molar-refractivity contribution is 5.96. The van der Waals surface area contributed by atoms with Crippen molar-refractivity contribution in [1.29, 1.82) is 0 Å². The van der Waals surface area contributed by atoms with E-state index in [1.54, 1.807) is 105 Å². The molecule has 0 aliphatic heterocycles. The Bertz CT molecular complexity index is 2290. The topological polar surface area (TPSA) is 150 Å². The van der Waals surface area contributed by atoms with E-state index < -0.39 is 34.7 Å². The van der Waals surface area contributed by atoms with Crippen molar-refractivity contribution in [1.82, 2.24) is 0 Å². The fourth-order valence-corrected chi connectivity index (χ4v) is 5.34. The first-order valence-corrected chi connectivity index (χ1v) is 16.0. The standard InChI is InChI=1S/C41H32O10/c1-41(2,47)21-20-30-34(51-40(46)27-16-10-5-11-17-27)23-32(42)35-36(43)31(24-48-37(30)35)29-19-18-28(49-38(44)25-12-6-3-7-13-25)22-33(29)50-39(45)26-14-8-4-9-15-26/h3-19,22-24,42,47H,20-21H2,1-2H3. The molecule has 0 amide bonds. The number of fused-ring (bicyclic) bond motifs is 1. The predicted octanol–water partition coefficient (Wildman–Crippen LogP) is 7.53. The quantitative estimate of drug-likeness (QED) is 0.110. The number of benzene rings is 5. The molecule has 1 heterocycles. The van der Waals surface area contributed by atoms with Gasteiger partial charge in [-0.2, -0.15) is 0 Å². The number of carbonyl (C=O) groups excluding carboxylic acids is 3. The van der Waals surface area contributed by atoms with Crippen molar-refractivity contribution in [2.45, 2.75) is 32.3 Å². The van der Waals surface area contributed by atoms with Gasteiger partial charge in [0, 0.05) is 23.3 Å². The predicted molar refractivity (Wildman–Crippen MR) is 188 cm³/mol. The Balaban J connectivity index is 1.45. The van der Waals surface area contributed by atoms with Gasteiger partial charge in [-0.1, -0.05) is 54.6 Å². The SMILES string of the molecule is CC(C)(O)CCc1c(OC(=O)c2ccccc2)cc(O)c2c(=O)c(-c3ccc(OC(=O)c4ccccc4)cc3OC(=O)c3ccccc3)coc12. The summed E-state index contributed by atoms with van der Waals surface area (Å²) in [6, 6.07) is 30.1. The maximum atomic E-state index is 14.2. The van der Waals surface area contributed by atoms with E-state index in [-0.39, 0.29) is 68.9 Å². The monoisotopic (exact) mass is 684 g/mol. The number of phenolic OH excluding ortho intramolecular Hbond substituents is 1. The lowest BCUT2D eigenvalue weighted by Gasteiger charge is -2.19. The Hall–Kier alpha value is -6.52. The highest BCUT2D eigenvalue weighted by atomic mass is 16.5. The molecule has 0 unspecified atom stereocenters. The third-order valence-corrected chi connectivity index (χ3v) is 7.96. The molecule has 0 spiro atoms. The molecule has 10 heteroatoms. The van der Waals surface area contributed by atoms with Gasteiger partial charge >= 0.3 is 17.9 Å².